The minimum atomic E-state index is -0.617. The molecule has 1 aromatic carbocycles. The van der Waals surface area contributed by atoms with Crippen LogP contribution in [0.3, 0.4) is 0 Å². The summed E-state index contributed by atoms with van der Waals surface area (Å²) in [6, 6.07) is 11.1. The van der Waals surface area contributed by atoms with Crippen molar-refractivity contribution in [3.8, 4) is 5.75 Å². The molecule has 1 aliphatic heterocycles. The van der Waals surface area contributed by atoms with E-state index in [4.69, 9.17) is 4.42 Å². The molecule has 1 saturated heterocycles. The Morgan fingerprint density at radius 1 is 1.26 bits per heavy atom. The van der Waals surface area contributed by atoms with Crippen molar-refractivity contribution in [1.82, 2.24) is 9.80 Å². The van der Waals surface area contributed by atoms with Crippen molar-refractivity contribution in [2.45, 2.75) is 6.04 Å². The Labute approximate surface area is 133 Å². The fourth-order valence-electron chi connectivity index (χ4n) is 2.77. The van der Waals surface area contributed by atoms with E-state index >= 15 is 0 Å². The van der Waals surface area contributed by atoms with Crippen molar-refractivity contribution in [1.29, 1.82) is 0 Å². The lowest BCUT2D eigenvalue weighted by Crippen LogP contribution is -2.49. The van der Waals surface area contributed by atoms with Crippen LogP contribution in [0.1, 0.15) is 22.2 Å². The van der Waals surface area contributed by atoms with Crippen LogP contribution >= 0.6 is 0 Å². The zero-order valence-corrected chi connectivity index (χ0v) is 12.8. The molecule has 1 aromatic heterocycles. The lowest BCUT2D eigenvalue weighted by atomic mass is 10.0. The van der Waals surface area contributed by atoms with Gasteiger partial charge < -0.3 is 14.4 Å². The monoisotopic (exact) mass is 314 g/mol. The Hall–Kier alpha value is -2.60. The molecule has 2 aromatic rings. The van der Waals surface area contributed by atoms with Gasteiger partial charge in [0.25, 0.3) is 5.91 Å². The molecule has 3 rings (SSSR count). The fourth-order valence-corrected chi connectivity index (χ4v) is 2.77. The number of aromatic hydroxyl groups is 1. The first kappa shape index (κ1) is 15.3. The summed E-state index contributed by atoms with van der Waals surface area (Å²) < 4.78 is 5.07. The molecule has 0 spiro atoms. The molecular weight excluding hydrogens is 296 g/mol. The molecule has 0 radical (unpaired) electrons. The number of hydrogen-bond acceptors (Lipinski definition) is 5. The molecule has 0 unspecified atom stereocenters. The maximum Gasteiger partial charge on any atom is 0.289 e. The van der Waals surface area contributed by atoms with Gasteiger partial charge in [0.05, 0.1) is 6.04 Å². The maximum absolute atomic E-state index is 12.5. The third-order valence-corrected chi connectivity index (χ3v) is 4.14. The van der Waals surface area contributed by atoms with Gasteiger partial charge in [-0.2, -0.15) is 0 Å². The Kier molecular flexibility index (Phi) is 4.16. The van der Waals surface area contributed by atoms with Gasteiger partial charge in [0.15, 0.2) is 11.5 Å². The molecule has 0 bridgehead atoms. The van der Waals surface area contributed by atoms with E-state index in [1.807, 2.05) is 37.4 Å². The van der Waals surface area contributed by atoms with Gasteiger partial charge in [-0.25, -0.2) is 0 Å². The highest BCUT2D eigenvalue weighted by atomic mass is 16.4. The van der Waals surface area contributed by atoms with E-state index in [0.29, 0.717) is 13.1 Å². The lowest BCUT2D eigenvalue weighted by molar-refractivity contribution is 0.0514. The third-order valence-electron chi connectivity index (χ3n) is 4.14. The highest BCUT2D eigenvalue weighted by Gasteiger charge is 2.30. The summed E-state index contributed by atoms with van der Waals surface area (Å²) in [5, 5.41) is 9.22. The van der Waals surface area contributed by atoms with Crippen LogP contribution in [-0.2, 0) is 0 Å². The summed E-state index contributed by atoms with van der Waals surface area (Å²) in [4.78, 5) is 27.9. The Balaban J connectivity index is 1.82. The van der Waals surface area contributed by atoms with E-state index in [-0.39, 0.29) is 17.7 Å². The molecule has 1 amide bonds. The molecule has 6 heteroatoms. The van der Waals surface area contributed by atoms with E-state index in [2.05, 4.69) is 4.90 Å². The van der Waals surface area contributed by atoms with Crippen LogP contribution < -0.4 is 5.43 Å². The Morgan fingerprint density at radius 2 is 2.00 bits per heavy atom. The molecule has 1 aliphatic rings. The molecule has 120 valence electrons. The first-order valence-electron chi connectivity index (χ1n) is 7.42. The van der Waals surface area contributed by atoms with Crippen molar-refractivity contribution in [2.75, 3.05) is 26.7 Å². The van der Waals surface area contributed by atoms with Crippen molar-refractivity contribution in [3.05, 3.63) is 64.2 Å². The average Bonchev–Trinajstić information content (AvgIpc) is 2.58. The van der Waals surface area contributed by atoms with Gasteiger partial charge in [-0.3, -0.25) is 14.5 Å². The van der Waals surface area contributed by atoms with Crippen LogP contribution in [0, 0.1) is 0 Å². The van der Waals surface area contributed by atoms with Crippen LogP contribution in [-0.4, -0.2) is 47.5 Å². The molecular formula is C17H18N2O4. The second-order valence-electron chi connectivity index (χ2n) is 5.65. The van der Waals surface area contributed by atoms with Crippen molar-refractivity contribution in [2.24, 2.45) is 0 Å². The molecule has 6 nitrogen and oxygen atoms in total. The number of piperazine rings is 1. The van der Waals surface area contributed by atoms with E-state index in [0.717, 1.165) is 24.4 Å². The molecule has 1 atom stereocenters. The van der Waals surface area contributed by atoms with Crippen LogP contribution in [0.2, 0.25) is 0 Å². The molecule has 23 heavy (non-hydrogen) atoms. The van der Waals surface area contributed by atoms with Gasteiger partial charge in [0, 0.05) is 25.7 Å². The third kappa shape index (κ3) is 3.12. The summed E-state index contributed by atoms with van der Waals surface area (Å²) >= 11 is 0. The van der Waals surface area contributed by atoms with Gasteiger partial charge in [0.2, 0.25) is 5.43 Å². The van der Waals surface area contributed by atoms with Crippen molar-refractivity contribution in [3.63, 3.8) is 0 Å². The van der Waals surface area contributed by atoms with E-state index in [1.165, 1.54) is 0 Å². The van der Waals surface area contributed by atoms with Gasteiger partial charge in [-0.15, -0.1) is 0 Å². The maximum atomic E-state index is 12.5. The van der Waals surface area contributed by atoms with Gasteiger partial charge in [-0.1, -0.05) is 30.3 Å². The van der Waals surface area contributed by atoms with E-state index in [1.54, 1.807) is 4.90 Å². The summed E-state index contributed by atoms with van der Waals surface area (Å²) in [5.74, 6) is -0.887. The number of benzene rings is 1. The van der Waals surface area contributed by atoms with E-state index in [9.17, 15) is 14.7 Å². The zero-order chi connectivity index (χ0) is 16.4. The SMILES string of the molecule is CN1CCN(C(=O)c2cc(=O)c(O)co2)C[C@@H]1c1ccccc1. The predicted molar refractivity (Wildman–Crippen MR) is 84.4 cm³/mol. The van der Waals surface area contributed by atoms with E-state index < -0.39 is 11.2 Å². The number of nitrogens with zero attached hydrogens (tertiary/aromatic N) is 2. The predicted octanol–water partition coefficient (Wildman–Crippen LogP) is 1.47. The quantitative estimate of drug-likeness (QED) is 0.909. The highest BCUT2D eigenvalue weighted by molar-refractivity contribution is 5.91. The Bertz CT molecular complexity index is 757. The zero-order valence-electron chi connectivity index (χ0n) is 12.8. The number of hydrogen-bond donors (Lipinski definition) is 1. The molecule has 2 heterocycles. The first-order chi connectivity index (χ1) is 11.1. The second kappa shape index (κ2) is 6.26. The van der Waals surface area contributed by atoms with Crippen LogP contribution in [0.25, 0.3) is 0 Å². The minimum absolute atomic E-state index is 0.0517. The summed E-state index contributed by atoms with van der Waals surface area (Å²) in [7, 11) is 2.03. The second-order valence-corrected chi connectivity index (χ2v) is 5.65. The van der Waals surface area contributed by atoms with Crippen LogP contribution in [0.15, 0.2) is 51.9 Å². The summed E-state index contributed by atoms with van der Waals surface area (Å²) in [6.45, 7) is 1.81. The first-order valence-corrected chi connectivity index (χ1v) is 7.42. The summed E-state index contributed by atoms with van der Waals surface area (Å²) in [5.41, 5.74) is 0.521. The standard InChI is InChI=1S/C17H18N2O4/c1-18-7-8-19(10-13(18)12-5-3-2-4-6-12)17(22)16-9-14(20)15(21)11-23-16/h2-6,9,11,13,21H,7-8,10H2,1H3/t13-/m1/s1. The smallest absolute Gasteiger partial charge is 0.289 e. The largest absolute Gasteiger partial charge is 0.502 e. The summed E-state index contributed by atoms with van der Waals surface area (Å²) in [6.07, 6.45) is 0.903. The highest BCUT2D eigenvalue weighted by Crippen LogP contribution is 2.24. The minimum Gasteiger partial charge on any atom is -0.502 e. The number of amides is 1. The van der Waals surface area contributed by atoms with Gasteiger partial charge in [-0.05, 0) is 12.6 Å². The fraction of sp³-hybridized carbons (Fsp3) is 0.294. The number of carbonyl (C=O) groups excluding carboxylic acids is 1. The van der Waals surface area contributed by atoms with Crippen molar-refractivity contribution >= 4 is 5.91 Å². The number of rotatable bonds is 2. The van der Waals surface area contributed by atoms with Gasteiger partial charge in [0.1, 0.15) is 6.26 Å². The lowest BCUT2D eigenvalue weighted by Gasteiger charge is -2.39. The van der Waals surface area contributed by atoms with Crippen molar-refractivity contribution < 1.29 is 14.3 Å². The molecule has 1 fully saturated rings. The van der Waals surface area contributed by atoms with Crippen LogP contribution in [0.5, 0.6) is 5.75 Å². The topological polar surface area (TPSA) is 74.0 Å². The number of carbonyl (C=O) groups is 1. The average molecular weight is 314 g/mol. The molecule has 0 aliphatic carbocycles. The van der Waals surface area contributed by atoms with Crippen LogP contribution in [0.4, 0.5) is 0 Å². The Morgan fingerprint density at radius 3 is 2.70 bits per heavy atom. The normalized spacial score (nSPS) is 18.8. The van der Waals surface area contributed by atoms with Gasteiger partial charge >= 0.3 is 0 Å². The molecule has 1 N–H and O–H groups in total. The molecule has 0 saturated carbocycles. The number of likely N-dealkylation sites (N-methyl/N-ethyl adjacent to an activating group) is 1.